The van der Waals surface area contributed by atoms with Gasteiger partial charge in [-0.1, -0.05) is 0 Å². The van der Waals surface area contributed by atoms with E-state index in [0.29, 0.717) is 6.54 Å². The zero-order valence-electron chi connectivity index (χ0n) is 9.39. The van der Waals surface area contributed by atoms with E-state index < -0.39 is 5.97 Å². The molecule has 0 saturated carbocycles. The minimum absolute atomic E-state index is 0.0206. The number of carbonyl (C=O) groups is 2. The van der Waals surface area contributed by atoms with Crippen molar-refractivity contribution < 1.29 is 14.7 Å². The number of aliphatic carboxylic acids is 1. The lowest BCUT2D eigenvalue weighted by Crippen LogP contribution is -2.34. The Hall–Kier alpha value is -0.750. The lowest BCUT2D eigenvalue weighted by Gasteiger charge is -2.19. The molecule has 0 bridgehead atoms. The van der Waals surface area contributed by atoms with E-state index in [0.717, 1.165) is 18.3 Å². The predicted molar refractivity (Wildman–Crippen MR) is 61.2 cm³/mol. The molecule has 1 N–H and O–H groups in total. The lowest BCUT2D eigenvalue weighted by atomic mass is 10.5. The summed E-state index contributed by atoms with van der Waals surface area (Å²) in [6.07, 6.45) is 0. The Kier molecular flexibility index (Phi) is 7.15. The van der Waals surface area contributed by atoms with Crippen LogP contribution in [0.2, 0.25) is 0 Å². The molecule has 0 aromatic heterocycles. The molecule has 0 aromatic carbocycles. The summed E-state index contributed by atoms with van der Waals surface area (Å²) in [6.45, 7) is 1.48. The molecule has 0 aromatic rings. The first kappa shape index (κ1) is 14.2. The van der Waals surface area contributed by atoms with Crippen LogP contribution in [0.4, 0.5) is 0 Å². The van der Waals surface area contributed by atoms with Gasteiger partial charge in [-0.3, -0.25) is 9.59 Å². The highest BCUT2D eigenvalue weighted by atomic mass is 32.2. The Balaban J connectivity index is 3.64. The summed E-state index contributed by atoms with van der Waals surface area (Å²) in [4.78, 5) is 25.3. The molecule has 88 valence electrons. The number of thioether (sulfide) groups is 1. The average molecular weight is 234 g/mol. The highest BCUT2D eigenvalue weighted by Gasteiger charge is 2.09. The van der Waals surface area contributed by atoms with Crippen LogP contribution in [0, 0.1) is 0 Å². The molecule has 0 saturated heterocycles. The Morgan fingerprint density at radius 2 is 1.73 bits per heavy atom. The number of amides is 1. The molecule has 0 spiro atoms. The molecule has 0 rings (SSSR count). The number of likely N-dealkylation sites (N-methyl/N-ethyl adjacent to an activating group) is 2. The molecule has 5 nitrogen and oxygen atoms in total. The van der Waals surface area contributed by atoms with Gasteiger partial charge in [0.2, 0.25) is 5.91 Å². The van der Waals surface area contributed by atoms with Gasteiger partial charge < -0.3 is 14.9 Å². The molecule has 6 heteroatoms. The second-order valence-corrected chi connectivity index (χ2v) is 4.49. The fourth-order valence-electron chi connectivity index (χ4n) is 0.811. The molecule has 15 heavy (non-hydrogen) atoms. The fourth-order valence-corrected chi connectivity index (χ4v) is 1.48. The lowest BCUT2D eigenvalue weighted by molar-refractivity contribution is -0.133. The fraction of sp³-hybridized carbons (Fsp3) is 0.778. The average Bonchev–Trinajstić information content (AvgIpc) is 2.13. The summed E-state index contributed by atoms with van der Waals surface area (Å²) < 4.78 is 0. The van der Waals surface area contributed by atoms with Gasteiger partial charge >= 0.3 is 5.97 Å². The van der Waals surface area contributed by atoms with Crippen LogP contribution >= 0.6 is 11.8 Å². The van der Waals surface area contributed by atoms with E-state index >= 15 is 0 Å². The minimum atomic E-state index is -0.885. The van der Waals surface area contributed by atoms with E-state index in [4.69, 9.17) is 5.11 Å². The van der Waals surface area contributed by atoms with Crippen molar-refractivity contribution in [2.24, 2.45) is 0 Å². The molecular weight excluding hydrogens is 216 g/mol. The van der Waals surface area contributed by atoms with Gasteiger partial charge in [-0.05, 0) is 14.1 Å². The van der Waals surface area contributed by atoms with Gasteiger partial charge in [-0.15, -0.1) is 11.8 Å². The highest BCUT2D eigenvalue weighted by Crippen LogP contribution is 2.01. The third kappa shape index (κ3) is 8.26. The van der Waals surface area contributed by atoms with Crippen LogP contribution in [0.5, 0.6) is 0 Å². The molecule has 0 unspecified atom stereocenters. The van der Waals surface area contributed by atoms with Crippen LogP contribution in [0.1, 0.15) is 0 Å². The van der Waals surface area contributed by atoms with E-state index in [9.17, 15) is 9.59 Å². The van der Waals surface area contributed by atoms with Gasteiger partial charge in [0.25, 0.3) is 0 Å². The number of rotatable bonds is 7. The zero-order chi connectivity index (χ0) is 11.8. The maximum Gasteiger partial charge on any atom is 0.313 e. The number of carbonyl (C=O) groups excluding carboxylic acids is 1. The number of nitrogens with zero attached hydrogens (tertiary/aromatic N) is 2. The Morgan fingerprint density at radius 1 is 1.13 bits per heavy atom. The van der Waals surface area contributed by atoms with Gasteiger partial charge in [-0.25, -0.2) is 0 Å². The first-order chi connectivity index (χ1) is 6.93. The number of carboxylic acids is 1. The molecule has 1 amide bonds. The SMILES string of the molecule is CN(C)CCN(C)C(=O)CSCC(=O)O. The van der Waals surface area contributed by atoms with E-state index in [-0.39, 0.29) is 17.4 Å². The normalized spacial score (nSPS) is 10.4. The third-order valence-electron chi connectivity index (χ3n) is 1.76. The molecule has 0 aliphatic rings. The van der Waals surface area contributed by atoms with Crippen molar-refractivity contribution in [3.8, 4) is 0 Å². The minimum Gasteiger partial charge on any atom is -0.481 e. The van der Waals surface area contributed by atoms with Crippen LogP contribution in [0.25, 0.3) is 0 Å². The predicted octanol–water partition coefficient (Wildman–Crippen LogP) is -0.176. The monoisotopic (exact) mass is 234 g/mol. The van der Waals surface area contributed by atoms with Crippen molar-refractivity contribution in [3.05, 3.63) is 0 Å². The largest absolute Gasteiger partial charge is 0.481 e. The smallest absolute Gasteiger partial charge is 0.313 e. The molecule has 0 fully saturated rings. The third-order valence-corrected chi connectivity index (χ3v) is 2.66. The van der Waals surface area contributed by atoms with Gasteiger partial charge in [0, 0.05) is 20.1 Å². The Morgan fingerprint density at radius 3 is 2.20 bits per heavy atom. The quantitative estimate of drug-likeness (QED) is 0.662. The summed E-state index contributed by atoms with van der Waals surface area (Å²) in [5.74, 6) is -0.699. The highest BCUT2D eigenvalue weighted by molar-refractivity contribution is 8.00. The first-order valence-electron chi connectivity index (χ1n) is 4.61. The van der Waals surface area contributed by atoms with Crippen LogP contribution in [0.15, 0.2) is 0 Å². The Bertz CT molecular complexity index is 221. The maximum atomic E-state index is 11.4. The van der Waals surface area contributed by atoms with Crippen molar-refractivity contribution in [2.45, 2.75) is 0 Å². The topological polar surface area (TPSA) is 60.9 Å². The van der Waals surface area contributed by atoms with E-state index in [2.05, 4.69) is 0 Å². The van der Waals surface area contributed by atoms with E-state index in [1.807, 2.05) is 19.0 Å². The summed E-state index contributed by atoms with van der Waals surface area (Å²) in [6, 6.07) is 0. The van der Waals surface area contributed by atoms with Gasteiger partial charge in [-0.2, -0.15) is 0 Å². The van der Waals surface area contributed by atoms with Crippen LogP contribution in [-0.2, 0) is 9.59 Å². The van der Waals surface area contributed by atoms with Gasteiger partial charge in [0.1, 0.15) is 0 Å². The van der Waals surface area contributed by atoms with Crippen molar-refractivity contribution >= 4 is 23.6 Å². The van der Waals surface area contributed by atoms with Crippen molar-refractivity contribution in [1.82, 2.24) is 9.80 Å². The molecule has 0 atom stereocenters. The second-order valence-electron chi connectivity index (χ2n) is 3.51. The molecule has 0 heterocycles. The summed E-state index contributed by atoms with van der Waals surface area (Å²) >= 11 is 1.13. The van der Waals surface area contributed by atoms with Crippen LogP contribution < -0.4 is 0 Å². The van der Waals surface area contributed by atoms with Crippen molar-refractivity contribution in [1.29, 1.82) is 0 Å². The summed E-state index contributed by atoms with van der Waals surface area (Å²) in [7, 11) is 5.61. The number of carboxylic acid groups (broad SMARTS) is 1. The molecule has 0 aliphatic carbocycles. The van der Waals surface area contributed by atoms with Gasteiger partial charge in [0.05, 0.1) is 11.5 Å². The van der Waals surface area contributed by atoms with Gasteiger partial charge in [0.15, 0.2) is 0 Å². The molecule has 0 radical (unpaired) electrons. The van der Waals surface area contributed by atoms with Crippen LogP contribution in [0.3, 0.4) is 0 Å². The first-order valence-corrected chi connectivity index (χ1v) is 5.77. The van der Waals surface area contributed by atoms with Crippen molar-refractivity contribution in [2.75, 3.05) is 45.7 Å². The van der Waals surface area contributed by atoms with E-state index in [1.54, 1.807) is 11.9 Å². The number of hydrogen-bond acceptors (Lipinski definition) is 4. The van der Waals surface area contributed by atoms with Crippen molar-refractivity contribution in [3.63, 3.8) is 0 Å². The molecule has 0 aliphatic heterocycles. The maximum absolute atomic E-state index is 11.4. The second kappa shape index (κ2) is 7.53. The summed E-state index contributed by atoms with van der Waals surface area (Å²) in [5, 5.41) is 8.39. The van der Waals surface area contributed by atoms with Crippen LogP contribution in [-0.4, -0.2) is 72.5 Å². The Labute approximate surface area is 94.4 Å². The number of hydrogen-bond donors (Lipinski definition) is 1. The van der Waals surface area contributed by atoms with E-state index in [1.165, 1.54) is 0 Å². The standard InChI is InChI=1S/C9H18N2O3S/c1-10(2)4-5-11(3)8(12)6-15-7-9(13)14/h4-7H2,1-3H3,(H,13,14). The summed E-state index contributed by atoms with van der Waals surface area (Å²) in [5.41, 5.74) is 0. The zero-order valence-corrected chi connectivity index (χ0v) is 10.2. The molecular formula is C9H18N2O3S.